The molecule has 0 bridgehead atoms. The molecule has 9 heteroatoms. The minimum absolute atomic E-state index is 0.0293. The highest BCUT2D eigenvalue weighted by Crippen LogP contribution is 2.42. The standard InChI is InChI=1S/C28H29N3O6/c1-6-15-35-23-13-11-19(12-14-24(32)30-22-10-8-7-9-20(22)16-29)25(26(23)34-5)36-21-17-31(18-21)27(33)37-28(2,3)4/h1,7-14,21H,15,17-18H2,2-5H3,(H,30,32)/b14-12+. The number of hydrogen-bond acceptors (Lipinski definition) is 7. The summed E-state index contributed by atoms with van der Waals surface area (Å²) in [6, 6.07) is 12.1. The Kier molecular flexibility index (Phi) is 8.65. The number of ether oxygens (including phenoxy) is 4. The van der Waals surface area contributed by atoms with Gasteiger partial charge in [0.1, 0.15) is 24.4 Å². The first-order valence-corrected chi connectivity index (χ1v) is 11.5. The van der Waals surface area contributed by atoms with Crippen molar-refractivity contribution in [3.05, 3.63) is 53.6 Å². The summed E-state index contributed by atoms with van der Waals surface area (Å²) in [6.07, 6.45) is 7.48. The highest BCUT2D eigenvalue weighted by molar-refractivity contribution is 6.02. The number of methoxy groups -OCH3 is 1. The van der Waals surface area contributed by atoms with Crippen molar-refractivity contribution in [3.8, 4) is 35.7 Å². The minimum atomic E-state index is -0.596. The second kappa shape index (κ2) is 11.9. The summed E-state index contributed by atoms with van der Waals surface area (Å²) in [4.78, 5) is 26.4. The number of para-hydroxylation sites is 1. The van der Waals surface area contributed by atoms with Crippen LogP contribution in [0.15, 0.2) is 42.5 Å². The van der Waals surface area contributed by atoms with Gasteiger partial charge in [0.2, 0.25) is 11.7 Å². The van der Waals surface area contributed by atoms with E-state index < -0.39 is 17.6 Å². The first kappa shape index (κ1) is 27.0. The molecule has 1 heterocycles. The lowest BCUT2D eigenvalue weighted by Gasteiger charge is -2.39. The van der Waals surface area contributed by atoms with E-state index in [2.05, 4.69) is 11.2 Å². The molecule has 0 aliphatic carbocycles. The monoisotopic (exact) mass is 503 g/mol. The molecule has 1 saturated heterocycles. The molecule has 1 N–H and O–H groups in total. The van der Waals surface area contributed by atoms with Gasteiger partial charge in [0, 0.05) is 11.6 Å². The number of benzene rings is 2. The predicted molar refractivity (Wildman–Crippen MR) is 138 cm³/mol. The van der Waals surface area contributed by atoms with Gasteiger partial charge < -0.3 is 29.2 Å². The van der Waals surface area contributed by atoms with E-state index in [0.29, 0.717) is 47.2 Å². The molecule has 192 valence electrons. The van der Waals surface area contributed by atoms with E-state index in [9.17, 15) is 14.9 Å². The molecule has 3 rings (SSSR count). The zero-order valence-electron chi connectivity index (χ0n) is 21.2. The number of carbonyl (C=O) groups is 2. The fraction of sp³-hybridized carbons (Fsp3) is 0.321. The Morgan fingerprint density at radius 2 is 1.92 bits per heavy atom. The van der Waals surface area contributed by atoms with Crippen LogP contribution in [-0.4, -0.2) is 55.4 Å². The number of nitrogens with one attached hydrogen (secondary N) is 1. The van der Waals surface area contributed by atoms with Crippen LogP contribution in [0.1, 0.15) is 31.9 Å². The van der Waals surface area contributed by atoms with E-state index in [1.54, 1.807) is 63.2 Å². The lowest BCUT2D eigenvalue weighted by Crippen LogP contribution is -2.57. The highest BCUT2D eigenvalue weighted by atomic mass is 16.6. The first-order chi connectivity index (χ1) is 17.6. The van der Waals surface area contributed by atoms with Crippen LogP contribution in [0, 0.1) is 23.7 Å². The van der Waals surface area contributed by atoms with Crippen molar-refractivity contribution < 1.29 is 28.5 Å². The summed E-state index contributed by atoms with van der Waals surface area (Å²) in [5.74, 6) is 3.00. The maximum Gasteiger partial charge on any atom is 0.410 e. The summed E-state index contributed by atoms with van der Waals surface area (Å²) < 4.78 is 22.7. The summed E-state index contributed by atoms with van der Waals surface area (Å²) in [5.41, 5.74) is 0.707. The van der Waals surface area contributed by atoms with E-state index in [4.69, 9.17) is 25.4 Å². The Morgan fingerprint density at radius 1 is 1.19 bits per heavy atom. The van der Waals surface area contributed by atoms with Gasteiger partial charge in [-0.25, -0.2) is 4.79 Å². The summed E-state index contributed by atoms with van der Waals surface area (Å²) in [6.45, 7) is 6.09. The minimum Gasteiger partial charge on any atom is -0.490 e. The molecule has 1 aliphatic rings. The zero-order chi connectivity index (χ0) is 27.0. The fourth-order valence-electron chi connectivity index (χ4n) is 3.42. The van der Waals surface area contributed by atoms with Gasteiger partial charge in [0.05, 0.1) is 31.5 Å². The van der Waals surface area contributed by atoms with Gasteiger partial charge in [-0.1, -0.05) is 18.1 Å². The van der Waals surface area contributed by atoms with E-state index in [1.165, 1.54) is 18.1 Å². The van der Waals surface area contributed by atoms with Crippen LogP contribution in [-0.2, 0) is 9.53 Å². The third-order valence-electron chi connectivity index (χ3n) is 5.13. The SMILES string of the molecule is C#CCOc1ccc(/C=C/C(=O)Nc2ccccc2C#N)c(OC2CN(C(=O)OC(C)(C)C)C2)c1OC. The number of amides is 2. The molecule has 0 atom stereocenters. The smallest absolute Gasteiger partial charge is 0.410 e. The molecule has 1 fully saturated rings. The Morgan fingerprint density at radius 3 is 2.57 bits per heavy atom. The van der Waals surface area contributed by atoms with E-state index in [1.807, 2.05) is 6.07 Å². The Balaban J connectivity index is 1.80. The number of carbonyl (C=O) groups excluding carboxylic acids is 2. The largest absolute Gasteiger partial charge is 0.490 e. The molecule has 2 amide bonds. The van der Waals surface area contributed by atoms with Crippen molar-refractivity contribution in [1.82, 2.24) is 4.90 Å². The number of hydrogen-bond donors (Lipinski definition) is 1. The van der Waals surface area contributed by atoms with E-state index in [-0.39, 0.29) is 12.7 Å². The van der Waals surface area contributed by atoms with Crippen molar-refractivity contribution in [2.75, 3.05) is 32.1 Å². The third-order valence-corrected chi connectivity index (χ3v) is 5.13. The van der Waals surface area contributed by atoms with Crippen molar-refractivity contribution in [2.45, 2.75) is 32.5 Å². The van der Waals surface area contributed by atoms with Crippen LogP contribution in [0.2, 0.25) is 0 Å². The van der Waals surface area contributed by atoms with Crippen LogP contribution < -0.4 is 19.5 Å². The van der Waals surface area contributed by atoms with Gasteiger partial charge in [-0.2, -0.15) is 5.26 Å². The molecule has 1 aliphatic heterocycles. The van der Waals surface area contributed by atoms with Crippen LogP contribution in [0.25, 0.3) is 6.08 Å². The molecular formula is C28H29N3O6. The fourth-order valence-corrected chi connectivity index (χ4v) is 3.42. The number of likely N-dealkylation sites (tertiary alicyclic amines) is 1. The Bertz CT molecular complexity index is 1260. The molecule has 2 aromatic rings. The average Bonchev–Trinajstić information content (AvgIpc) is 2.82. The lowest BCUT2D eigenvalue weighted by atomic mass is 10.1. The second-order valence-electron chi connectivity index (χ2n) is 9.11. The molecule has 37 heavy (non-hydrogen) atoms. The first-order valence-electron chi connectivity index (χ1n) is 11.5. The average molecular weight is 504 g/mol. The lowest BCUT2D eigenvalue weighted by molar-refractivity contribution is -0.111. The Labute approximate surface area is 216 Å². The Hall–Kier alpha value is -4.63. The quantitative estimate of drug-likeness (QED) is 0.424. The number of rotatable bonds is 8. The van der Waals surface area contributed by atoms with Crippen LogP contribution in [0.4, 0.5) is 10.5 Å². The topological polar surface area (TPSA) is 110 Å². The molecular weight excluding hydrogens is 474 g/mol. The van der Waals surface area contributed by atoms with Gasteiger partial charge in [-0.15, -0.1) is 6.42 Å². The van der Waals surface area contributed by atoms with Crippen LogP contribution in [0.5, 0.6) is 17.2 Å². The number of anilines is 1. The maximum absolute atomic E-state index is 12.6. The second-order valence-corrected chi connectivity index (χ2v) is 9.11. The van der Waals surface area contributed by atoms with Gasteiger partial charge in [-0.3, -0.25) is 4.79 Å². The van der Waals surface area contributed by atoms with Crippen molar-refractivity contribution >= 4 is 23.8 Å². The third kappa shape index (κ3) is 7.18. The van der Waals surface area contributed by atoms with E-state index in [0.717, 1.165) is 0 Å². The molecule has 9 nitrogen and oxygen atoms in total. The van der Waals surface area contributed by atoms with Gasteiger partial charge in [0.25, 0.3) is 0 Å². The molecule has 0 saturated carbocycles. The molecule has 0 radical (unpaired) electrons. The summed E-state index contributed by atoms with van der Waals surface area (Å²) >= 11 is 0. The van der Waals surface area contributed by atoms with Crippen LogP contribution in [0.3, 0.4) is 0 Å². The number of terminal acetylenes is 1. The zero-order valence-corrected chi connectivity index (χ0v) is 21.2. The van der Waals surface area contributed by atoms with Crippen molar-refractivity contribution in [3.63, 3.8) is 0 Å². The van der Waals surface area contributed by atoms with Gasteiger partial charge >= 0.3 is 6.09 Å². The predicted octanol–water partition coefficient (Wildman–Crippen LogP) is 4.23. The molecule has 0 unspecified atom stereocenters. The summed E-state index contributed by atoms with van der Waals surface area (Å²) in [5, 5.41) is 11.9. The maximum atomic E-state index is 12.6. The number of nitrogens with zero attached hydrogens (tertiary/aromatic N) is 2. The van der Waals surface area contributed by atoms with Crippen molar-refractivity contribution in [2.24, 2.45) is 0 Å². The molecule has 0 aromatic heterocycles. The van der Waals surface area contributed by atoms with Gasteiger partial charge in [0.15, 0.2) is 11.5 Å². The van der Waals surface area contributed by atoms with E-state index >= 15 is 0 Å². The molecule has 0 spiro atoms. The highest BCUT2D eigenvalue weighted by Gasteiger charge is 2.36. The normalized spacial score (nSPS) is 13.2. The summed E-state index contributed by atoms with van der Waals surface area (Å²) in [7, 11) is 1.47. The molecule has 2 aromatic carbocycles. The van der Waals surface area contributed by atoms with Crippen molar-refractivity contribution in [1.29, 1.82) is 5.26 Å². The number of nitriles is 1. The van der Waals surface area contributed by atoms with Gasteiger partial charge in [-0.05, 0) is 51.1 Å². The van der Waals surface area contributed by atoms with Crippen LogP contribution >= 0.6 is 0 Å².